The molecule has 2 rings (SSSR count). The van der Waals surface area contributed by atoms with Gasteiger partial charge < -0.3 is 0 Å². The standard InChI is InChI=1S/C16H20N2O3S/c1-4-11-22(19,20)21-16(17-9-5-7-14(2)12-17)18-10-6-8-15(3)13-18/h4-10,12-13,16H,1,11H2,2-3H3/q+2. The first-order valence-corrected chi connectivity index (χ1v) is 8.46. The highest BCUT2D eigenvalue weighted by atomic mass is 32.2. The number of aromatic nitrogens is 2. The largest absolute Gasteiger partial charge is 0.488 e. The van der Waals surface area contributed by atoms with Crippen molar-refractivity contribution in [2.45, 2.75) is 20.2 Å². The molecule has 0 saturated heterocycles. The lowest BCUT2D eigenvalue weighted by molar-refractivity contribution is -0.977. The number of pyridine rings is 2. The van der Waals surface area contributed by atoms with Gasteiger partial charge in [0.15, 0.2) is 24.8 Å². The minimum absolute atomic E-state index is 0.234. The molecule has 0 aliphatic carbocycles. The average molecular weight is 320 g/mol. The van der Waals surface area contributed by atoms with Crippen LogP contribution >= 0.6 is 0 Å². The van der Waals surface area contributed by atoms with Crippen LogP contribution in [0.2, 0.25) is 0 Å². The van der Waals surface area contributed by atoms with Crippen LogP contribution in [0.4, 0.5) is 0 Å². The zero-order chi connectivity index (χ0) is 16.2. The number of rotatable bonds is 6. The van der Waals surface area contributed by atoms with Gasteiger partial charge in [0.05, 0.1) is 5.75 Å². The number of aryl methyl sites for hydroxylation is 2. The van der Waals surface area contributed by atoms with Crippen molar-refractivity contribution >= 4 is 10.1 Å². The average Bonchev–Trinajstić information content (AvgIpc) is 2.45. The molecule has 22 heavy (non-hydrogen) atoms. The molecule has 0 radical (unpaired) electrons. The second-order valence-corrected chi connectivity index (χ2v) is 6.73. The molecule has 6 heteroatoms. The summed E-state index contributed by atoms with van der Waals surface area (Å²) >= 11 is 0. The molecule has 0 aromatic carbocycles. The van der Waals surface area contributed by atoms with E-state index in [0.717, 1.165) is 11.1 Å². The van der Waals surface area contributed by atoms with Crippen molar-refractivity contribution in [3.63, 3.8) is 0 Å². The molecule has 5 nitrogen and oxygen atoms in total. The monoisotopic (exact) mass is 320 g/mol. The third kappa shape index (κ3) is 4.22. The Morgan fingerprint density at radius 3 is 2.05 bits per heavy atom. The summed E-state index contributed by atoms with van der Waals surface area (Å²) in [7, 11) is -3.71. The maximum Gasteiger partial charge on any atom is 0.488 e. The van der Waals surface area contributed by atoms with E-state index in [1.807, 2.05) is 50.5 Å². The van der Waals surface area contributed by atoms with E-state index in [1.54, 1.807) is 21.5 Å². The van der Waals surface area contributed by atoms with Gasteiger partial charge in [-0.05, 0) is 26.0 Å². The lowest BCUT2D eigenvalue weighted by Gasteiger charge is -2.09. The molecular formula is C16H20N2O3S+2. The van der Waals surface area contributed by atoms with Crippen molar-refractivity contribution in [3.05, 3.63) is 72.8 Å². The molecule has 0 aliphatic rings. The molecule has 2 heterocycles. The van der Waals surface area contributed by atoms with Gasteiger partial charge in [-0.15, -0.1) is 19.9 Å². The summed E-state index contributed by atoms with van der Waals surface area (Å²) in [5.41, 5.74) is 2.01. The Morgan fingerprint density at radius 1 is 1.14 bits per heavy atom. The zero-order valence-electron chi connectivity index (χ0n) is 12.7. The normalized spacial score (nSPS) is 11.6. The van der Waals surface area contributed by atoms with Gasteiger partial charge in [0.1, 0.15) is 0 Å². The SMILES string of the molecule is C=CCS(=O)(=O)OC([n+]1cccc(C)c1)[n+]1cccc(C)c1. The first-order valence-electron chi connectivity index (χ1n) is 6.88. The fraction of sp³-hybridized carbons (Fsp3) is 0.250. The van der Waals surface area contributed by atoms with Gasteiger partial charge >= 0.3 is 6.35 Å². The highest BCUT2D eigenvalue weighted by Crippen LogP contribution is 2.05. The van der Waals surface area contributed by atoms with Crippen LogP contribution in [-0.4, -0.2) is 14.2 Å². The molecule has 0 amide bonds. The first kappa shape index (κ1) is 16.3. The topological polar surface area (TPSA) is 51.1 Å². The molecule has 0 atom stereocenters. The summed E-state index contributed by atoms with van der Waals surface area (Å²) in [4.78, 5) is 0. The summed E-state index contributed by atoms with van der Waals surface area (Å²) in [6, 6.07) is 7.57. The van der Waals surface area contributed by atoms with Crippen molar-refractivity contribution in [3.8, 4) is 0 Å². The molecular weight excluding hydrogens is 300 g/mol. The quantitative estimate of drug-likeness (QED) is 0.459. The Labute approximate surface area is 131 Å². The van der Waals surface area contributed by atoms with Crippen LogP contribution in [-0.2, 0) is 14.3 Å². The predicted octanol–water partition coefficient (Wildman–Crippen LogP) is 1.42. The molecule has 2 aromatic heterocycles. The van der Waals surface area contributed by atoms with Crippen molar-refractivity contribution < 1.29 is 21.7 Å². The number of nitrogens with zero attached hydrogens (tertiary/aromatic N) is 2. The van der Waals surface area contributed by atoms with Crippen molar-refractivity contribution in [1.82, 2.24) is 0 Å². The summed E-state index contributed by atoms with van der Waals surface area (Å²) in [6.07, 6.45) is 7.72. The third-order valence-corrected chi connectivity index (χ3v) is 4.11. The Bertz CT molecular complexity index is 727. The lowest BCUT2D eigenvalue weighted by atomic mass is 10.3. The van der Waals surface area contributed by atoms with E-state index in [1.165, 1.54) is 6.08 Å². The maximum atomic E-state index is 12.0. The smallest absolute Gasteiger partial charge is 0.199 e. The molecule has 0 N–H and O–H groups in total. The van der Waals surface area contributed by atoms with Crippen LogP contribution < -0.4 is 9.13 Å². The first-order chi connectivity index (χ1) is 10.4. The van der Waals surface area contributed by atoms with E-state index in [9.17, 15) is 8.42 Å². The Hall–Kier alpha value is -2.05. The van der Waals surface area contributed by atoms with E-state index >= 15 is 0 Å². The van der Waals surface area contributed by atoms with Gasteiger partial charge in [0.25, 0.3) is 10.1 Å². The van der Waals surface area contributed by atoms with Crippen molar-refractivity contribution in [1.29, 1.82) is 0 Å². The highest BCUT2D eigenvalue weighted by Gasteiger charge is 2.34. The van der Waals surface area contributed by atoms with Gasteiger partial charge in [0, 0.05) is 23.3 Å². The molecule has 0 bridgehead atoms. The van der Waals surface area contributed by atoms with Crippen LogP contribution in [0.15, 0.2) is 61.7 Å². The minimum Gasteiger partial charge on any atom is -0.199 e. The van der Waals surface area contributed by atoms with E-state index in [0.29, 0.717) is 0 Å². The highest BCUT2D eigenvalue weighted by molar-refractivity contribution is 7.86. The second kappa shape index (κ2) is 6.81. The van der Waals surface area contributed by atoms with Gasteiger partial charge in [-0.1, -0.05) is 6.08 Å². The maximum absolute atomic E-state index is 12.0. The fourth-order valence-corrected chi connectivity index (χ4v) is 2.90. The summed E-state index contributed by atoms with van der Waals surface area (Å²) in [5, 5.41) is 0. The number of hydrogen-bond donors (Lipinski definition) is 0. The molecule has 2 aromatic rings. The molecule has 0 saturated carbocycles. The molecule has 0 aliphatic heterocycles. The van der Waals surface area contributed by atoms with Crippen LogP contribution in [0.5, 0.6) is 0 Å². The molecule has 0 unspecified atom stereocenters. The Balaban J connectivity index is 2.47. The second-order valence-electron chi connectivity index (χ2n) is 5.09. The van der Waals surface area contributed by atoms with Gasteiger partial charge in [-0.2, -0.15) is 8.42 Å². The van der Waals surface area contributed by atoms with E-state index in [4.69, 9.17) is 4.18 Å². The summed E-state index contributed by atoms with van der Waals surface area (Å²) in [5.74, 6) is -0.234. The zero-order valence-corrected chi connectivity index (χ0v) is 13.5. The van der Waals surface area contributed by atoms with Gasteiger partial charge in [-0.25, -0.2) is 0 Å². The predicted molar refractivity (Wildman–Crippen MR) is 82.3 cm³/mol. The van der Waals surface area contributed by atoms with Crippen LogP contribution in [0, 0.1) is 13.8 Å². The minimum atomic E-state index is -3.71. The Morgan fingerprint density at radius 2 is 1.64 bits per heavy atom. The van der Waals surface area contributed by atoms with Crippen molar-refractivity contribution in [2.24, 2.45) is 0 Å². The van der Waals surface area contributed by atoms with E-state index < -0.39 is 16.5 Å². The van der Waals surface area contributed by atoms with Gasteiger partial charge in [-0.3, -0.25) is 0 Å². The summed E-state index contributed by atoms with van der Waals surface area (Å²) in [6.45, 7) is 7.33. The van der Waals surface area contributed by atoms with Crippen LogP contribution in [0.3, 0.4) is 0 Å². The van der Waals surface area contributed by atoms with E-state index in [-0.39, 0.29) is 5.75 Å². The van der Waals surface area contributed by atoms with Crippen molar-refractivity contribution in [2.75, 3.05) is 5.75 Å². The Kier molecular flexibility index (Phi) is 5.05. The lowest BCUT2D eigenvalue weighted by Crippen LogP contribution is -2.59. The van der Waals surface area contributed by atoms with Crippen LogP contribution in [0.1, 0.15) is 17.5 Å². The molecule has 0 spiro atoms. The molecule has 116 valence electrons. The number of hydrogen-bond acceptors (Lipinski definition) is 3. The molecule has 0 fully saturated rings. The third-order valence-electron chi connectivity index (χ3n) is 3.00. The fourth-order valence-electron chi connectivity index (χ4n) is 2.07. The summed E-state index contributed by atoms with van der Waals surface area (Å²) < 4.78 is 32.9. The van der Waals surface area contributed by atoms with Gasteiger partial charge in [0.2, 0.25) is 0 Å². The van der Waals surface area contributed by atoms with Crippen LogP contribution in [0.25, 0.3) is 0 Å². The van der Waals surface area contributed by atoms with E-state index in [2.05, 4.69) is 6.58 Å².